The minimum atomic E-state index is -3.34. The van der Waals surface area contributed by atoms with Gasteiger partial charge < -0.3 is 10.0 Å². The average molecular weight is 230 g/mol. The van der Waals surface area contributed by atoms with E-state index in [0.717, 1.165) is 6.26 Å². The van der Waals surface area contributed by atoms with Crippen LogP contribution < -0.4 is 9.62 Å². The van der Waals surface area contributed by atoms with E-state index in [2.05, 4.69) is 4.72 Å². The fourth-order valence-electron chi connectivity index (χ4n) is 1.28. The molecular formula is C9H14N2O3S. The van der Waals surface area contributed by atoms with Crippen molar-refractivity contribution in [1.29, 1.82) is 0 Å². The van der Waals surface area contributed by atoms with Gasteiger partial charge in [0.05, 0.1) is 11.9 Å². The molecule has 5 nitrogen and oxygen atoms in total. The predicted octanol–water partition coefficient (Wildman–Crippen LogP) is 0.830. The lowest BCUT2D eigenvalue weighted by molar-refractivity contribution is 0.476. The van der Waals surface area contributed by atoms with E-state index in [9.17, 15) is 13.5 Å². The molecule has 6 heteroatoms. The molecule has 0 aliphatic carbocycles. The van der Waals surface area contributed by atoms with Crippen molar-refractivity contribution in [2.75, 3.05) is 30.0 Å². The number of anilines is 2. The van der Waals surface area contributed by atoms with Crippen LogP contribution in [0.5, 0.6) is 5.75 Å². The number of nitrogens with zero attached hydrogens (tertiary/aromatic N) is 1. The van der Waals surface area contributed by atoms with Crippen LogP contribution in [0.2, 0.25) is 0 Å². The number of phenolic OH excluding ortho intramolecular Hbond substituents is 1. The predicted molar refractivity (Wildman–Crippen MR) is 60.9 cm³/mol. The quantitative estimate of drug-likeness (QED) is 0.807. The van der Waals surface area contributed by atoms with E-state index < -0.39 is 10.0 Å². The number of aromatic hydroxyl groups is 1. The maximum Gasteiger partial charge on any atom is 0.229 e. The lowest BCUT2D eigenvalue weighted by atomic mass is 10.2. The van der Waals surface area contributed by atoms with Gasteiger partial charge in [0, 0.05) is 14.1 Å². The van der Waals surface area contributed by atoms with Gasteiger partial charge >= 0.3 is 0 Å². The van der Waals surface area contributed by atoms with Crippen LogP contribution in [0.25, 0.3) is 0 Å². The molecule has 0 aliphatic rings. The summed E-state index contributed by atoms with van der Waals surface area (Å²) in [5.41, 5.74) is 0.811. The molecule has 0 spiro atoms. The third kappa shape index (κ3) is 3.02. The fraction of sp³-hybridized carbons (Fsp3) is 0.333. The molecule has 0 atom stereocenters. The summed E-state index contributed by atoms with van der Waals surface area (Å²) in [4.78, 5) is 1.64. The smallest absolute Gasteiger partial charge is 0.229 e. The van der Waals surface area contributed by atoms with Crippen LogP contribution in [0.4, 0.5) is 11.4 Å². The van der Waals surface area contributed by atoms with Gasteiger partial charge in [-0.2, -0.15) is 0 Å². The topological polar surface area (TPSA) is 69.6 Å². The third-order valence-electron chi connectivity index (χ3n) is 1.76. The van der Waals surface area contributed by atoms with Crippen molar-refractivity contribution in [3.05, 3.63) is 18.2 Å². The highest BCUT2D eigenvalue weighted by Crippen LogP contribution is 2.33. The second-order valence-electron chi connectivity index (χ2n) is 3.44. The molecule has 1 rings (SSSR count). The number of nitrogens with one attached hydrogen (secondary N) is 1. The largest absolute Gasteiger partial charge is 0.506 e. The van der Waals surface area contributed by atoms with Gasteiger partial charge in [0.1, 0.15) is 11.4 Å². The van der Waals surface area contributed by atoms with Gasteiger partial charge in [-0.05, 0) is 12.1 Å². The van der Waals surface area contributed by atoms with Crippen LogP contribution in [0.15, 0.2) is 18.2 Å². The first-order chi connectivity index (χ1) is 6.81. The van der Waals surface area contributed by atoms with Gasteiger partial charge in [-0.25, -0.2) is 8.42 Å². The summed E-state index contributed by atoms with van der Waals surface area (Å²) in [5.74, 6) is 0.0358. The summed E-state index contributed by atoms with van der Waals surface area (Å²) in [7, 11) is 0.112. The second-order valence-corrected chi connectivity index (χ2v) is 5.19. The number of phenols is 1. The van der Waals surface area contributed by atoms with Gasteiger partial charge in [-0.1, -0.05) is 6.07 Å². The second kappa shape index (κ2) is 3.98. The molecule has 0 fully saturated rings. The Morgan fingerprint density at radius 1 is 1.33 bits per heavy atom. The van der Waals surface area contributed by atoms with Crippen LogP contribution in [-0.4, -0.2) is 33.9 Å². The van der Waals surface area contributed by atoms with E-state index in [1.165, 1.54) is 6.07 Å². The van der Waals surface area contributed by atoms with Gasteiger partial charge in [-0.15, -0.1) is 0 Å². The SMILES string of the molecule is CN(C)c1c(O)cccc1NS(C)(=O)=O. The number of hydrogen-bond acceptors (Lipinski definition) is 4. The first kappa shape index (κ1) is 11.6. The summed E-state index contributed by atoms with van der Waals surface area (Å²) >= 11 is 0. The van der Waals surface area contributed by atoms with E-state index in [-0.39, 0.29) is 5.75 Å². The number of hydrogen-bond donors (Lipinski definition) is 2. The molecule has 0 bridgehead atoms. The Kier molecular flexibility index (Phi) is 3.09. The molecule has 2 N–H and O–H groups in total. The molecule has 1 aromatic rings. The Morgan fingerprint density at radius 3 is 2.40 bits per heavy atom. The van der Waals surface area contributed by atoms with E-state index in [4.69, 9.17) is 0 Å². The van der Waals surface area contributed by atoms with Crippen LogP contribution in [0.1, 0.15) is 0 Å². The highest BCUT2D eigenvalue weighted by atomic mass is 32.2. The monoisotopic (exact) mass is 230 g/mol. The Labute approximate surface area is 89.4 Å². The molecular weight excluding hydrogens is 216 g/mol. The molecule has 0 saturated heterocycles. The molecule has 0 unspecified atom stereocenters. The molecule has 0 aliphatic heterocycles. The maximum absolute atomic E-state index is 11.1. The van der Waals surface area contributed by atoms with Gasteiger partial charge in [-0.3, -0.25) is 4.72 Å². The van der Waals surface area contributed by atoms with E-state index >= 15 is 0 Å². The van der Waals surface area contributed by atoms with Crippen LogP contribution in [-0.2, 0) is 10.0 Å². The number of benzene rings is 1. The highest BCUT2D eigenvalue weighted by Gasteiger charge is 2.12. The van der Waals surface area contributed by atoms with Crippen LogP contribution >= 0.6 is 0 Å². The van der Waals surface area contributed by atoms with Gasteiger partial charge in [0.15, 0.2) is 0 Å². The summed E-state index contributed by atoms with van der Waals surface area (Å²) < 4.78 is 24.5. The molecule has 84 valence electrons. The first-order valence-electron chi connectivity index (χ1n) is 4.28. The van der Waals surface area contributed by atoms with Crippen molar-refractivity contribution in [2.45, 2.75) is 0 Å². The molecule has 0 radical (unpaired) electrons. The molecule has 0 heterocycles. The number of rotatable bonds is 3. The van der Waals surface area contributed by atoms with E-state index in [1.807, 2.05) is 0 Å². The van der Waals surface area contributed by atoms with Crippen molar-refractivity contribution in [1.82, 2.24) is 0 Å². The van der Waals surface area contributed by atoms with Crippen molar-refractivity contribution in [3.63, 3.8) is 0 Å². The summed E-state index contributed by atoms with van der Waals surface area (Å²) in [6, 6.07) is 4.68. The fourth-order valence-corrected chi connectivity index (χ4v) is 1.85. The molecule has 0 saturated carbocycles. The van der Waals surface area contributed by atoms with Crippen molar-refractivity contribution in [2.24, 2.45) is 0 Å². The lowest BCUT2D eigenvalue weighted by Crippen LogP contribution is -2.15. The van der Waals surface area contributed by atoms with Crippen LogP contribution in [0.3, 0.4) is 0 Å². The minimum absolute atomic E-state index is 0.0358. The van der Waals surface area contributed by atoms with E-state index in [1.54, 1.807) is 31.1 Å². The maximum atomic E-state index is 11.1. The summed E-state index contributed by atoms with van der Waals surface area (Å²) in [6.07, 6.45) is 1.07. The molecule has 0 aromatic heterocycles. The normalized spacial score (nSPS) is 11.1. The Bertz CT molecular complexity index is 454. The van der Waals surface area contributed by atoms with Crippen molar-refractivity contribution >= 4 is 21.4 Å². The zero-order valence-corrected chi connectivity index (χ0v) is 9.67. The summed E-state index contributed by atoms with van der Waals surface area (Å²) in [5, 5.41) is 9.58. The number of sulfonamides is 1. The zero-order valence-electron chi connectivity index (χ0n) is 8.85. The first-order valence-corrected chi connectivity index (χ1v) is 6.17. The summed E-state index contributed by atoms with van der Waals surface area (Å²) in [6.45, 7) is 0. The molecule has 15 heavy (non-hydrogen) atoms. The zero-order chi connectivity index (χ0) is 11.6. The third-order valence-corrected chi connectivity index (χ3v) is 2.35. The van der Waals surface area contributed by atoms with Crippen molar-refractivity contribution in [3.8, 4) is 5.75 Å². The Morgan fingerprint density at radius 2 is 1.93 bits per heavy atom. The molecule has 0 amide bonds. The van der Waals surface area contributed by atoms with Crippen molar-refractivity contribution < 1.29 is 13.5 Å². The van der Waals surface area contributed by atoms with Gasteiger partial charge in [0.2, 0.25) is 10.0 Å². The Balaban J connectivity index is 3.24. The minimum Gasteiger partial charge on any atom is -0.506 e. The number of para-hydroxylation sites is 1. The van der Waals surface area contributed by atoms with Crippen LogP contribution in [0, 0.1) is 0 Å². The standard InChI is InChI=1S/C9H14N2O3S/c1-11(2)9-7(10-15(3,13)14)5-4-6-8(9)12/h4-6,10,12H,1-3H3. The van der Waals surface area contributed by atoms with Gasteiger partial charge in [0.25, 0.3) is 0 Å². The molecule has 1 aromatic carbocycles. The Hall–Kier alpha value is -1.43. The highest BCUT2D eigenvalue weighted by molar-refractivity contribution is 7.92. The average Bonchev–Trinajstić information content (AvgIpc) is 1.99. The van der Waals surface area contributed by atoms with E-state index in [0.29, 0.717) is 11.4 Å². The lowest BCUT2D eigenvalue weighted by Gasteiger charge is -2.18.